The smallest absolute Gasteiger partial charge is 0.270 e. The molecule has 138 valence electrons. The van der Waals surface area contributed by atoms with Crippen LogP contribution in [0.1, 0.15) is 48.2 Å². The van der Waals surface area contributed by atoms with Crippen LogP contribution in [-0.4, -0.2) is 28.5 Å². The topological polar surface area (TPSA) is 66.9 Å². The highest BCUT2D eigenvalue weighted by Crippen LogP contribution is 2.21. The first-order valence-electron chi connectivity index (χ1n) is 8.93. The highest BCUT2D eigenvalue weighted by atomic mass is 35.5. The molecule has 2 aromatic rings. The molecule has 0 radical (unpaired) electrons. The average Bonchev–Trinajstić information content (AvgIpc) is 2.64. The van der Waals surface area contributed by atoms with Crippen molar-refractivity contribution in [3.05, 3.63) is 51.8 Å². The van der Waals surface area contributed by atoms with Crippen LogP contribution in [0.15, 0.2) is 30.5 Å². The lowest BCUT2D eigenvalue weighted by molar-refractivity contribution is 0.0949. The molecule has 0 unspecified atom stereocenters. The Labute approximate surface area is 163 Å². The Balaban J connectivity index is 1.53. The minimum atomic E-state index is -0.218. The number of hydrogen-bond acceptors (Lipinski definition) is 4. The van der Waals surface area contributed by atoms with Crippen LogP contribution in [-0.2, 0) is 6.42 Å². The van der Waals surface area contributed by atoms with E-state index < -0.39 is 0 Å². The number of aromatic nitrogens is 2. The van der Waals surface area contributed by atoms with Gasteiger partial charge in [-0.25, -0.2) is 9.97 Å². The van der Waals surface area contributed by atoms with Crippen LogP contribution >= 0.6 is 23.2 Å². The van der Waals surface area contributed by atoms with Crippen molar-refractivity contribution in [3.8, 4) is 0 Å². The second-order valence-electron chi connectivity index (χ2n) is 6.49. The minimum absolute atomic E-state index is 0.218. The van der Waals surface area contributed by atoms with Gasteiger partial charge in [-0.05, 0) is 43.0 Å². The summed E-state index contributed by atoms with van der Waals surface area (Å²) < 4.78 is 0. The Morgan fingerprint density at radius 2 is 1.96 bits per heavy atom. The molecule has 2 N–H and O–H groups in total. The number of carbonyl (C=O) groups is 1. The number of anilines is 1. The number of nitrogens with one attached hydrogen (secondary N) is 2. The molecule has 0 atom stereocenters. The molecule has 1 saturated carbocycles. The SMILES string of the molecule is O=C(NCCc1ccc(Cl)cc1Cl)c1ccnc(NC2CCCCC2)n1. The fraction of sp³-hybridized carbons (Fsp3) is 0.421. The van der Waals surface area contributed by atoms with Crippen LogP contribution in [0.25, 0.3) is 0 Å². The van der Waals surface area contributed by atoms with E-state index in [-0.39, 0.29) is 5.91 Å². The summed E-state index contributed by atoms with van der Waals surface area (Å²) in [7, 11) is 0. The predicted molar refractivity (Wildman–Crippen MR) is 105 cm³/mol. The maximum Gasteiger partial charge on any atom is 0.270 e. The van der Waals surface area contributed by atoms with E-state index >= 15 is 0 Å². The van der Waals surface area contributed by atoms with Crippen LogP contribution in [0.5, 0.6) is 0 Å². The first-order valence-corrected chi connectivity index (χ1v) is 9.69. The van der Waals surface area contributed by atoms with E-state index in [0.29, 0.717) is 40.7 Å². The molecule has 1 amide bonds. The first kappa shape index (κ1) is 18.9. The Kier molecular flexibility index (Phi) is 6.69. The lowest BCUT2D eigenvalue weighted by Gasteiger charge is -2.22. The highest BCUT2D eigenvalue weighted by Gasteiger charge is 2.15. The Hall–Kier alpha value is -1.85. The number of benzene rings is 1. The summed E-state index contributed by atoms with van der Waals surface area (Å²) in [4.78, 5) is 20.9. The zero-order chi connectivity index (χ0) is 18.4. The fourth-order valence-electron chi connectivity index (χ4n) is 3.11. The summed E-state index contributed by atoms with van der Waals surface area (Å²) in [6.45, 7) is 0.468. The van der Waals surface area contributed by atoms with Crippen LogP contribution in [0, 0.1) is 0 Å². The third-order valence-electron chi connectivity index (χ3n) is 4.52. The van der Waals surface area contributed by atoms with E-state index in [1.54, 1.807) is 24.4 Å². The van der Waals surface area contributed by atoms with Crippen molar-refractivity contribution in [2.24, 2.45) is 0 Å². The second kappa shape index (κ2) is 9.19. The molecule has 1 fully saturated rings. The van der Waals surface area contributed by atoms with Crippen LogP contribution in [0.3, 0.4) is 0 Å². The van der Waals surface area contributed by atoms with Gasteiger partial charge in [-0.3, -0.25) is 4.79 Å². The van der Waals surface area contributed by atoms with E-state index in [2.05, 4.69) is 20.6 Å². The summed E-state index contributed by atoms with van der Waals surface area (Å²) in [5.41, 5.74) is 1.30. The van der Waals surface area contributed by atoms with Crippen molar-refractivity contribution in [2.75, 3.05) is 11.9 Å². The number of rotatable bonds is 6. The minimum Gasteiger partial charge on any atom is -0.351 e. The normalized spacial score (nSPS) is 14.8. The molecule has 1 aliphatic rings. The molecule has 5 nitrogen and oxygen atoms in total. The summed E-state index contributed by atoms with van der Waals surface area (Å²) in [6.07, 6.45) is 8.24. The van der Waals surface area contributed by atoms with E-state index in [9.17, 15) is 4.79 Å². The molecule has 1 aromatic heterocycles. The molecule has 0 spiro atoms. The van der Waals surface area contributed by atoms with Crippen molar-refractivity contribution < 1.29 is 4.79 Å². The summed E-state index contributed by atoms with van der Waals surface area (Å²) in [5.74, 6) is 0.300. The van der Waals surface area contributed by atoms with Gasteiger partial charge in [-0.2, -0.15) is 0 Å². The molecule has 1 aliphatic carbocycles. The van der Waals surface area contributed by atoms with Gasteiger partial charge in [0.05, 0.1) is 0 Å². The molecule has 0 saturated heterocycles. The Bertz CT molecular complexity index is 763. The number of hydrogen-bond donors (Lipinski definition) is 2. The van der Waals surface area contributed by atoms with Gasteiger partial charge in [-0.1, -0.05) is 48.5 Å². The van der Waals surface area contributed by atoms with Crippen LogP contribution in [0.4, 0.5) is 5.95 Å². The van der Waals surface area contributed by atoms with Gasteiger partial charge >= 0.3 is 0 Å². The van der Waals surface area contributed by atoms with Crippen molar-refractivity contribution in [2.45, 2.75) is 44.6 Å². The predicted octanol–water partition coefficient (Wildman–Crippen LogP) is 4.50. The summed E-state index contributed by atoms with van der Waals surface area (Å²) >= 11 is 12.0. The van der Waals surface area contributed by atoms with E-state index in [1.165, 1.54) is 19.3 Å². The van der Waals surface area contributed by atoms with Gasteiger partial charge in [0.15, 0.2) is 0 Å². The van der Waals surface area contributed by atoms with Gasteiger partial charge in [0, 0.05) is 28.8 Å². The standard InChI is InChI=1S/C19H22Cl2N4O/c20-14-7-6-13(16(21)12-14)8-10-22-18(26)17-9-11-23-19(25-17)24-15-4-2-1-3-5-15/h6-7,9,11-12,15H,1-5,8,10H2,(H,22,26)(H,23,24,25). The van der Waals surface area contributed by atoms with Gasteiger partial charge in [0.25, 0.3) is 5.91 Å². The fourth-order valence-corrected chi connectivity index (χ4v) is 3.61. The second-order valence-corrected chi connectivity index (χ2v) is 7.33. The molecule has 0 bridgehead atoms. The molecule has 7 heteroatoms. The third kappa shape index (κ3) is 5.32. The van der Waals surface area contributed by atoms with E-state index in [4.69, 9.17) is 23.2 Å². The molecule has 0 aliphatic heterocycles. The summed E-state index contributed by atoms with van der Waals surface area (Å²) in [5, 5.41) is 7.41. The number of amides is 1. The maximum absolute atomic E-state index is 12.3. The molecule has 26 heavy (non-hydrogen) atoms. The van der Waals surface area contributed by atoms with Gasteiger partial charge in [0.2, 0.25) is 5.95 Å². The lowest BCUT2D eigenvalue weighted by atomic mass is 9.96. The highest BCUT2D eigenvalue weighted by molar-refractivity contribution is 6.35. The molecular formula is C19H22Cl2N4O. The van der Waals surface area contributed by atoms with Crippen molar-refractivity contribution in [1.82, 2.24) is 15.3 Å². The van der Waals surface area contributed by atoms with Crippen LogP contribution < -0.4 is 10.6 Å². The van der Waals surface area contributed by atoms with Crippen molar-refractivity contribution in [3.63, 3.8) is 0 Å². The van der Waals surface area contributed by atoms with Gasteiger partial charge in [-0.15, -0.1) is 0 Å². The monoisotopic (exact) mass is 392 g/mol. The molecule has 3 rings (SSSR count). The largest absolute Gasteiger partial charge is 0.351 e. The third-order valence-corrected chi connectivity index (χ3v) is 5.11. The zero-order valence-corrected chi connectivity index (χ0v) is 16.0. The Morgan fingerprint density at radius 1 is 1.15 bits per heavy atom. The average molecular weight is 393 g/mol. The summed E-state index contributed by atoms with van der Waals surface area (Å²) in [6, 6.07) is 7.38. The molecule has 1 heterocycles. The van der Waals surface area contributed by atoms with E-state index in [0.717, 1.165) is 18.4 Å². The van der Waals surface area contributed by atoms with Gasteiger partial charge < -0.3 is 10.6 Å². The quantitative estimate of drug-likeness (QED) is 0.758. The number of nitrogens with zero attached hydrogens (tertiary/aromatic N) is 2. The van der Waals surface area contributed by atoms with Gasteiger partial charge in [0.1, 0.15) is 5.69 Å². The number of halogens is 2. The lowest BCUT2D eigenvalue weighted by Crippen LogP contribution is -2.28. The Morgan fingerprint density at radius 3 is 2.73 bits per heavy atom. The molecular weight excluding hydrogens is 371 g/mol. The van der Waals surface area contributed by atoms with E-state index in [1.807, 2.05) is 6.07 Å². The van der Waals surface area contributed by atoms with Crippen molar-refractivity contribution >= 4 is 35.1 Å². The molecule has 1 aromatic carbocycles. The maximum atomic E-state index is 12.3. The number of carbonyl (C=O) groups excluding carboxylic acids is 1. The van der Waals surface area contributed by atoms with Crippen molar-refractivity contribution in [1.29, 1.82) is 0 Å². The zero-order valence-electron chi connectivity index (χ0n) is 14.5. The first-order chi connectivity index (χ1) is 12.6. The van der Waals surface area contributed by atoms with Crippen LogP contribution in [0.2, 0.25) is 10.0 Å².